The summed E-state index contributed by atoms with van der Waals surface area (Å²) >= 11 is 0. The number of hydrogen-bond donors (Lipinski definition) is 0. The Morgan fingerprint density at radius 1 is 0.783 bits per heavy atom. The first-order chi connectivity index (χ1) is 11.3. The molecule has 0 aliphatic heterocycles. The molecular weight excluding hydrogens is 280 g/mol. The van der Waals surface area contributed by atoms with Crippen molar-refractivity contribution in [1.82, 2.24) is 0 Å². The van der Waals surface area contributed by atoms with Crippen LogP contribution >= 0.6 is 0 Å². The van der Waals surface area contributed by atoms with Gasteiger partial charge in [0.15, 0.2) is 0 Å². The summed E-state index contributed by atoms with van der Waals surface area (Å²) in [7, 11) is 0. The standard InChI is InChI=1S/C22H34O/c1-18(23-20-14-8-5-9-15-20)21-16-10-2-3-11-17-22(21)19-12-6-4-7-13-19/h4,6-7,12-13,18,20-22H,2-3,5,8-11,14-17H2,1H3. The Labute approximate surface area is 142 Å². The highest BCUT2D eigenvalue weighted by molar-refractivity contribution is 5.21. The van der Waals surface area contributed by atoms with Crippen LogP contribution in [0.2, 0.25) is 0 Å². The van der Waals surface area contributed by atoms with Crippen LogP contribution in [-0.2, 0) is 4.74 Å². The third-order valence-electron chi connectivity index (χ3n) is 6.11. The zero-order valence-electron chi connectivity index (χ0n) is 14.9. The van der Waals surface area contributed by atoms with Crippen molar-refractivity contribution in [3.63, 3.8) is 0 Å². The average molecular weight is 315 g/mol. The van der Waals surface area contributed by atoms with Gasteiger partial charge in [-0.2, -0.15) is 0 Å². The van der Waals surface area contributed by atoms with E-state index in [1.165, 1.54) is 70.6 Å². The van der Waals surface area contributed by atoms with E-state index in [0.29, 0.717) is 24.0 Å². The van der Waals surface area contributed by atoms with Crippen molar-refractivity contribution < 1.29 is 4.74 Å². The fourth-order valence-electron chi connectivity index (χ4n) is 4.79. The van der Waals surface area contributed by atoms with Crippen LogP contribution < -0.4 is 0 Å². The van der Waals surface area contributed by atoms with E-state index in [2.05, 4.69) is 37.3 Å². The first-order valence-corrected chi connectivity index (χ1v) is 10.0. The van der Waals surface area contributed by atoms with Crippen LogP contribution in [0.4, 0.5) is 0 Å². The minimum atomic E-state index is 0.404. The SMILES string of the molecule is CC(OC1CCCCC1)C1CCCCCCC1c1ccccc1. The lowest BCUT2D eigenvalue weighted by molar-refractivity contribution is -0.0569. The van der Waals surface area contributed by atoms with Crippen molar-refractivity contribution in [2.45, 2.75) is 95.7 Å². The average Bonchev–Trinajstić information content (AvgIpc) is 2.56. The van der Waals surface area contributed by atoms with E-state index in [1.807, 2.05) is 0 Å². The van der Waals surface area contributed by atoms with Gasteiger partial charge in [-0.05, 0) is 50.0 Å². The lowest BCUT2D eigenvalue weighted by Gasteiger charge is -2.36. The summed E-state index contributed by atoms with van der Waals surface area (Å²) in [5.74, 6) is 1.38. The Morgan fingerprint density at radius 3 is 2.13 bits per heavy atom. The third kappa shape index (κ3) is 4.83. The van der Waals surface area contributed by atoms with Gasteiger partial charge in [0.05, 0.1) is 12.2 Å². The summed E-state index contributed by atoms with van der Waals surface area (Å²) in [5, 5.41) is 0. The van der Waals surface area contributed by atoms with Crippen LogP contribution in [0.25, 0.3) is 0 Å². The Morgan fingerprint density at radius 2 is 1.39 bits per heavy atom. The Balaban J connectivity index is 1.70. The molecule has 2 saturated carbocycles. The molecule has 3 unspecified atom stereocenters. The van der Waals surface area contributed by atoms with Gasteiger partial charge < -0.3 is 4.74 Å². The zero-order valence-corrected chi connectivity index (χ0v) is 14.9. The molecule has 0 saturated heterocycles. The molecule has 0 heterocycles. The summed E-state index contributed by atoms with van der Waals surface area (Å²) in [6.45, 7) is 2.36. The van der Waals surface area contributed by atoms with Crippen molar-refractivity contribution in [3.05, 3.63) is 35.9 Å². The number of benzene rings is 1. The molecule has 0 aromatic heterocycles. The number of rotatable bonds is 4. The van der Waals surface area contributed by atoms with E-state index in [9.17, 15) is 0 Å². The predicted molar refractivity (Wildman–Crippen MR) is 97.8 cm³/mol. The van der Waals surface area contributed by atoms with E-state index >= 15 is 0 Å². The second-order valence-corrected chi connectivity index (χ2v) is 7.77. The topological polar surface area (TPSA) is 9.23 Å². The van der Waals surface area contributed by atoms with E-state index in [4.69, 9.17) is 4.74 Å². The van der Waals surface area contributed by atoms with E-state index in [0.717, 1.165) is 0 Å². The molecule has 0 amide bonds. The van der Waals surface area contributed by atoms with Crippen LogP contribution in [-0.4, -0.2) is 12.2 Å². The van der Waals surface area contributed by atoms with Crippen LogP contribution in [0.1, 0.15) is 89.0 Å². The molecule has 128 valence electrons. The molecule has 1 heteroatoms. The molecule has 0 N–H and O–H groups in total. The fraction of sp³-hybridized carbons (Fsp3) is 0.727. The van der Waals surface area contributed by atoms with Gasteiger partial charge in [0.2, 0.25) is 0 Å². The maximum absolute atomic E-state index is 6.58. The number of ether oxygens (including phenoxy) is 1. The molecule has 1 aromatic rings. The van der Waals surface area contributed by atoms with E-state index in [1.54, 1.807) is 5.56 Å². The molecule has 23 heavy (non-hydrogen) atoms. The van der Waals surface area contributed by atoms with E-state index < -0.39 is 0 Å². The zero-order chi connectivity index (χ0) is 15.9. The molecule has 1 nitrogen and oxygen atoms in total. The monoisotopic (exact) mass is 314 g/mol. The van der Waals surface area contributed by atoms with Crippen LogP contribution in [0.3, 0.4) is 0 Å². The van der Waals surface area contributed by atoms with Gasteiger partial charge in [-0.15, -0.1) is 0 Å². The van der Waals surface area contributed by atoms with Crippen molar-refractivity contribution in [3.8, 4) is 0 Å². The Kier molecular flexibility index (Phi) is 6.56. The molecule has 2 fully saturated rings. The summed E-state index contributed by atoms with van der Waals surface area (Å²) in [6, 6.07) is 11.2. The normalized spacial score (nSPS) is 28.7. The molecule has 2 aliphatic rings. The van der Waals surface area contributed by atoms with Gasteiger partial charge in [0.25, 0.3) is 0 Å². The van der Waals surface area contributed by atoms with Gasteiger partial charge in [0, 0.05) is 0 Å². The Bertz CT molecular complexity index is 435. The van der Waals surface area contributed by atoms with Gasteiger partial charge in [-0.3, -0.25) is 0 Å². The van der Waals surface area contributed by atoms with Crippen LogP contribution in [0.15, 0.2) is 30.3 Å². The highest BCUT2D eigenvalue weighted by Crippen LogP contribution is 2.39. The van der Waals surface area contributed by atoms with Gasteiger partial charge in [-0.25, -0.2) is 0 Å². The van der Waals surface area contributed by atoms with Gasteiger partial charge in [0.1, 0.15) is 0 Å². The summed E-state index contributed by atoms with van der Waals surface area (Å²) in [5.41, 5.74) is 1.54. The van der Waals surface area contributed by atoms with Crippen LogP contribution in [0, 0.1) is 5.92 Å². The van der Waals surface area contributed by atoms with Crippen LogP contribution in [0.5, 0.6) is 0 Å². The third-order valence-corrected chi connectivity index (χ3v) is 6.11. The fourth-order valence-corrected chi connectivity index (χ4v) is 4.79. The van der Waals surface area contributed by atoms with Gasteiger partial charge in [-0.1, -0.05) is 75.3 Å². The maximum atomic E-state index is 6.58. The van der Waals surface area contributed by atoms with E-state index in [-0.39, 0.29) is 0 Å². The lowest BCUT2D eigenvalue weighted by Crippen LogP contribution is -2.32. The summed E-state index contributed by atoms with van der Waals surface area (Å²) in [6.07, 6.45) is 15.9. The molecule has 0 radical (unpaired) electrons. The minimum Gasteiger partial charge on any atom is -0.375 e. The molecular formula is C22H34O. The quantitative estimate of drug-likeness (QED) is 0.618. The maximum Gasteiger partial charge on any atom is 0.0584 e. The second kappa shape index (κ2) is 8.87. The first kappa shape index (κ1) is 17.0. The molecule has 0 bridgehead atoms. The molecule has 1 aromatic carbocycles. The summed E-state index contributed by atoms with van der Waals surface area (Å²) < 4.78 is 6.58. The predicted octanol–water partition coefficient (Wildman–Crippen LogP) is 6.48. The molecule has 0 spiro atoms. The molecule has 3 rings (SSSR count). The van der Waals surface area contributed by atoms with Crippen molar-refractivity contribution in [2.24, 2.45) is 5.92 Å². The highest BCUT2D eigenvalue weighted by atomic mass is 16.5. The Hall–Kier alpha value is -0.820. The molecule has 3 atom stereocenters. The van der Waals surface area contributed by atoms with Gasteiger partial charge >= 0.3 is 0 Å². The highest BCUT2D eigenvalue weighted by Gasteiger charge is 2.31. The first-order valence-electron chi connectivity index (χ1n) is 10.0. The molecule has 2 aliphatic carbocycles. The van der Waals surface area contributed by atoms with Crippen molar-refractivity contribution in [1.29, 1.82) is 0 Å². The minimum absolute atomic E-state index is 0.404. The number of hydrogen-bond acceptors (Lipinski definition) is 1. The smallest absolute Gasteiger partial charge is 0.0584 e. The lowest BCUT2D eigenvalue weighted by atomic mass is 9.75. The largest absolute Gasteiger partial charge is 0.375 e. The second-order valence-electron chi connectivity index (χ2n) is 7.77. The summed E-state index contributed by atoms with van der Waals surface area (Å²) in [4.78, 5) is 0. The van der Waals surface area contributed by atoms with Crippen molar-refractivity contribution >= 4 is 0 Å². The van der Waals surface area contributed by atoms with Crippen molar-refractivity contribution in [2.75, 3.05) is 0 Å².